The van der Waals surface area contributed by atoms with Crippen molar-refractivity contribution in [1.82, 2.24) is 0 Å². The van der Waals surface area contributed by atoms with Gasteiger partial charge in [0.25, 0.3) is 0 Å². The second-order valence-corrected chi connectivity index (χ2v) is 2.13. The summed E-state index contributed by atoms with van der Waals surface area (Å²) < 4.78 is 1.10. The van der Waals surface area contributed by atoms with Crippen LogP contribution in [0.3, 0.4) is 0 Å². The monoisotopic (exact) mass is 162 g/mol. The Labute approximate surface area is 69.6 Å². The summed E-state index contributed by atoms with van der Waals surface area (Å²) in [5.41, 5.74) is 0. The van der Waals surface area contributed by atoms with Crippen molar-refractivity contribution in [3.05, 3.63) is 34.8 Å². The van der Waals surface area contributed by atoms with Gasteiger partial charge in [0.1, 0.15) is 0 Å². The van der Waals surface area contributed by atoms with Crippen LogP contribution < -0.4 is 18.9 Å². The standard InChI is InChI=1S/C6H4Br.Li/c7-6-4-2-1-3-5-6;/h2-5H;/q-1;+1. The summed E-state index contributed by atoms with van der Waals surface area (Å²) in [5, 5.41) is 0. The van der Waals surface area contributed by atoms with Gasteiger partial charge >= 0.3 is 18.9 Å². The van der Waals surface area contributed by atoms with Crippen LogP contribution in [0.15, 0.2) is 28.7 Å². The third-order valence-corrected chi connectivity index (χ3v) is 1.21. The van der Waals surface area contributed by atoms with E-state index in [-0.39, 0.29) is 18.9 Å². The maximum absolute atomic E-state index is 3.29. The van der Waals surface area contributed by atoms with Crippen molar-refractivity contribution in [2.75, 3.05) is 0 Å². The molecule has 0 bridgehead atoms. The Morgan fingerprint density at radius 3 is 2.00 bits per heavy atom. The Morgan fingerprint density at radius 2 is 1.75 bits per heavy atom. The molecule has 1 aromatic carbocycles. The third-order valence-electron chi connectivity index (χ3n) is 0.678. The van der Waals surface area contributed by atoms with Gasteiger partial charge in [-0.3, -0.25) is 0 Å². The van der Waals surface area contributed by atoms with Crippen molar-refractivity contribution in [2.45, 2.75) is 0 Å². The van der Waals surface area contributed by atoms with E-state index in [1.54, 1.807) is 0 Å². The molecule has 1 rings (SSSR count). The molecular weight excluding hydrogens is 159 g/mol. The molecule has 1 aromatic rings. The number of halogens is 1. The smallest absolute Gasteiger partial charge is 0.184 e. The Hall–Kier alpha value is 0.297. The van der Waals surface area contributed by atoms with Gasteiger partial charge in [-0.15, -0.1) is 0 Å². The van der Waals surface area contributed by atoms with Crippen molar-refractivity contribution in [1.29, 1.82) is 0 Å². The van der Waals surface area contributed by atoms with Gasteiger partial charge in [0, 0.05) is 0 Å². The van der Waals surface area contributed by atoms with E-state index >= 15 is 0 Å². The van der Waals surface area contributed by atoms with Gasteiger partial charge < -0.3 is 0 Å². The summed E-state index contributed by atoms with van der Waals surface area (Å²) in [6, 6.07) is 10.5. The second-order valence-electron chi connectivity index (χ2n) is 1.22. The average molecular weight is 163 g/mol. The number of benzene rings is 1. The largest absolute Gasteiger partial charge is 1.00 e. The van der Waals surface area contributed by atoms with Gasteiger partial charge in [-0.25, -0.2) is 0 Å². The van der Waals surface area contributed by atoms with Crippen LogP contribution in [0.5, 0.6) is 0 Å². The third kappa shape index (κ3) is 2.57. The molecule has 0 nitrogen and oxygen atoms in total. The van der Waals surface area contributed by atoms with Crippen molar-refractivity contribution >= 4 is 15.9 Å². The van der Waals surface area contributed by atoms with E-state index in [0.29, 0.717) is 0 Å². The van der Waals surface area contributed by atoms with Crippen LogP contribution >= 0.6 is 15.9 Å². The molecule has 0 atom stereocenters. The van der Waals surface area contributed by atoms with Gasteiger partial charge in [0.15, 0.2) is 0 Å². The van der Waals surface area contributed by atoms with Crippen molar-refractivity contribution in [3.63, 3.8) is 0 Å². The molecule has 2 heteroatoms. The first-order valence-corrected chi connectivity index (χ1v) is 2.80. The minimum absolute atomic E-state index is 0. The van der Waals surface area contributed by atoms with Crippen molar-refractivity contribution < 1.29 is 18.9 Å². The first-order valence-electron chi connectivity index (χ1n) is 2.01. The molecule has 0 radical (unpaired) electrons. The van der Waals surface area contributed by atoms with E-state index in [2.05, 4.69) is 22.0 Å². The second kappa shape index (κ2) is 4.20. The van der Waals surface area contributed by atoms with Gasteiger partial charge in [0.05, 0.1) is 0 Å². The quantitative estimate of drug-likeness (QED) is 0.348. The summed E-state index contributed by atoms with van der Waals surface area (Å²) in [6.45, 7) is 0. The molecule has 0 aliphatic carbocycles. The Morgan fingerprint density at radius 1 is 1.25 bits per heavy atom. The van der Waals surface area contributed by atoms with Crippen molar-refractivity contribution in [3.8, 4) is 0 Å². The van der Waals surface area contributed by atoms with Crippen LogP contribution in [-0.2, 0) is 0 Å². The average Bonchev–Trinajstić information content (AvgIpc) is 1.69. The molecule has 0 aromatic heterocycles. The molecule has 8 heavy (non-hydrogen) atoms. The summed E-state index contributed by atoms with van der Waals surface area (Å²) >= 11 is 3.29. The van der Waals surface area contributed by atoms with Crippen LogP contribution in [0.2, 0.25) is 0 Å². The summed E-state index contributed by atoms with van der Waals surface area (Å²) in [7, 11) is 0. The maximum atomic E-state index is 3.29. The van der Waals surface area contributed by atoms with Gasteiger partial charge in [-0.05, 0) is 0 Å². The van der Waals surface area contributed by atoms with Gasteiger partial charge in [-0.2, -0.15) is 30.3 Å². The van der Waals surface area contributed by atoms with E-state index in [0.717, 1.165) is 4.47 Å². The van der Waals surface area contributed by atoms with Gasteiger partial charge in [0.2, 0.25) is 0 Å². The van der Waals surface area contributed by atoms with E-state index < -0.39 is 0 Å². The fraction of sp³-hybridized carbons (Fsp3) is 0. The molecule has 0 amide bonds. The van der Waals surface area contributed by atoms with E-state index in [1.165, 1.54) is 0 Å². The predicted molar refractivity (Wildman–Crippen MR) is 33.0 cm³/mol. The van der Waals surface area contributed by atoms with Crippen LogP contribution in [0.4, 0.5) is 0 Å². The Balaban J connectivity index is 0.000000490. The molecule has 0 N–H and O–H groups in total. The van der Waals surface area contributed by atoms with Crippen LogP contribution in [0.1, 0.15) is 0 Å². The zero-order valence-corrected chi connectivity index (χ0v) is 6.27. The summed E-state index contributed by atoms with van der Waals surface area (Å²) in [6.07, 6.45) is 0. The molecule has 0 aliphatic rings. The molecule has 0 spiro atoms. The predicted octanol–water partition coefficient (Wildman–Crippen LogP) is -0.747. The maximum Gasteiger partial charge on any atom is 1.00 e. The molecule has 0 fully saturated rings. The fourth-order valence-corrected chi connectivity index (χ4v) is 0.631. The Bertz CT molecular complexity index is 138. The zero-order valence-electron chi connectivity index (χ0n) is 4.69. The van der Waals surface area contributed by atoms with E-state index in [9.17, 15) is 0 Å². The minimum Gasteiger partial charge on any atom is -0.184 e. The minimum atomic E-state index is 0. The molecule has 36 valence electrons. The first-order chi connectivity index (χ1) is 3.39. The van der Waals surface area contributed by atoms with Crippen LogP contribution in [0, 0.1) is 6.07 Å². The number of hydrogen-bond donors (Lipinski definition) is 0. The Kier molecular flexibility index (Phi) is 4.36. The van der Waals surface area contributed by atoms with Crippen molar-refractivity contribution in [2.24, 2.45) is 0 Å². The molecule has 0 unspecified atom stereocenters. The first kappa shape index (κ1) is 8.30. The van der Waals surface area contributed by atoms with Gasteiger partial charge in [-0.1, -0.05) is 20.4 Å². The molecule has 0 heterocycles. The molecular formula is C6H4BrLi. The normalized spacial score (nSPS) is 7.62. The van der Waals surface area contributed by atoms with E-state index in [4.69, 9.17) is 0 Å². The van der Waals surface area contributed by atoms with E-state index in [1.807, 2.05) is 24.3 Å². The number of rotatable bonds is 0. The topological polar surface area (TPSA) is 0 Å². The molecule has 0 aliphatic heterocycles. The molecule has 0 saturated heterocycles. The van der Waals surface area contributed by atoms with Crippen LogP contribution in [0.25, 0.3) is 0 Å². The number of hydrogen-bond acceptors (Lipinski definition) is 0. The van der Waals surface area contributed by atoms with Crippen LogP contribution in [-0.4, -0.2) is 0 Å². The SMILES string of the molecule is Brc1cc[c-]cc1.[Li+]. The molecule has 0 saturated carbocycles. The zero-order chi connectivity index (χ0) is 5.11. The fourth-order valence-electron chi connectivity index (χ4n) is 0.367. The summed E-state index contributed by atoms with van der Waals surface area (Å²) in [4.78, 5) is 0. The summed E-state index contributed by atoms with van der Waals surface area (Å²) in [5.74, 6) is 0.